The quantitative estimate of drug-likeness (QED) is 0.464. The van der Waals surface area contributed by atoms with Gasteiger partial charge >= 0.3 is 0 Å². The lowest BCUT2D eigenvalue weighted by Crippen LogP contribution is -1.90. The fourth-order valence-electron chi connectivity index (χ4n) is 0.572. The molecule has 0 amide bonds. The molecule has 0 saturated heterocycles. The third-order valence-electron chi connectivity index (χ3n) is 0.978. The van der Waals surface area contributed by atoms with Crippen LogP contribution in [0.2, 0.25) is 0 Å². The Bertz CT molecular complexity index is 171. The molecule has 1 heterocycles. The molecule has 3 heteroatoms. The first-order valence-electron chi connectivity index (χ1n) is 2.51. The molecule has 0 unspecified atom stereocenters. The average molecular weight is 106 g/mol. The van der Waals surface area contributed by atoms with Crippen molar-refractivity contribution < 1.29 is 0 Å². The molecule has 1 aromatic rings. The third kappa shape index (κ3) is 0.913. The molecule has 0 saturated carbocycles. The van der Waals surface area contributed by atoms with Gasteiger partial charge in [0, 0.05) is 13.2 Å². The van der Waals surface area contributed by atoms with Gasteiger partial charge in [-0.05, 0) is 12.4 Å². The minimum atomic E-state index is 0.529. The van der Waals surface area contributed by atoms with Crippen LogP contribution in [-0.4, -0.2) is 17.6 Å². The lowest BCUT2D eigenvalue weighted by molar-refractivity contribution is 0.754. The van der Waals surface area contributed by atoms with E-state index in [0.29, 0.717) is 6.32 Å². The molecule has 0 N–H and O–H groups in total. The van der Waals surface area contributed by atoms with Crippen LogP contribution < -0.4 is 0 Å². The first kappa shape index (κ1) is 5.41. The van der Waals surface area contributed by atoms with Crippen LogP contribution in [0.25, 0.3) is 0 Å². The maximum absolute atomic E-state index is 5.29. The largest absolute Gasteiger partial charge is 0.276 e. The number of hydrogen-bond acceptors (Lipinski definition) is 1. The van der Waals surface area contributed by atoms with Crippen LogP contribution in [0.15, 0.2) is 12.3 Å². The Balaban J connectivity index is 2.84. The molecule has 1 rings (SSSR count). The van der Waals surface area contributed by atoms with E-state index in [4.69, 9.17) is 7.85 Å². The first-order valence-corrected chi connectivity index (χ1v) is 2.51. The molecule has 2 nitrogen and oxygen atoms in total. The lowest BCUT2D eigenvalue weighted by Gasteiger charge is -1.83. The lowest BCUT2D eigenvalue weighted by atomic mass is 10.0. The highest BCUT2D eigenvalue weighted by molar-refractivity contribution is 6.08. The highest BCUT2D eigenvalue weighted by Gasteiger charge is 1.88. The van der Waals surface area contributed by atoms with Crippen molar-refractivity contribution in [3.8, 4) is 0 Å². The van der Waals surface area contributed by atoms with Crippen molar-refractivity contribution in [2.24, 2.45) is 7.05 Å². The van der Waals surface area contributed by atoms with E-state index in [2.05, 4.69) is 5.10 Å². The summed E-state index contributed by atoms with van der Waals surface area (Å²) in [7, 11) is 7.16. The van der Waals surface area contributed by atoms with Crippen molar-refractivity contribution in [2.45, 2.75) is 6.32 Å². The van der Waals surface area contributed by atoms with Crippen LogP contribution in [0.4, 0.5) is 0 Å². The summed E-state index contributed by atoms with van der Waals surface area (Å²) in [5.41, 5.74) is 0.938. The molecule has 0 fully saturated rings. The van der Waals surface area contributed by atoms with Gasteiger partial charge in [-0.25, -0.2) is 0 Å². The van der Waals surface area contributed by atoms with Crippen LogP contribution in [0.1, 0.15) is 5.69 Å². The number of rotatable bonds is 1. The van der Waals surface area contributed by atoms with Crippen LogP contribution in [0.3, 0.4) is 0 Å². The summed E-state index contributed by atoms with van der Waals surface area (Å²) in [5, 5.41) is 4.02. The molecule has 0 aliphatic carbocycles. The minimum absolute atomic E-state index is 0.529. The zero-order valence-electron chi connectivity index (χ0n) is 4.83. The number of aromatic nitrogens is 2. The molecular weight excluding hydrogens is 98.9 g/mol. The molecule has 8 heavy (non-hydrogen) atoms. The number of hydrogen-bond donors (Lipinski definition) is 0. The van der Waals surface area contributed by atoms with Gasteiger partial charge in [0.2, 0.25) is 0 Å². The van der Waals surface area contributed by atoms with Crippen molar-refractivity contribution in [2.75, 3.05) is 0 Å². The molecule has 0 aromatic carbocycles. The zero-order chi connectivity index (χ0) is 5.98. The Kier molecular flexibility index (Phi) is 1.37. The maximum atomic E-state index is 5.29. The van der Waals surface area contributed by atoms with E-state index in [0.717, 1.165) is 5.69 Å². The van der Waals surface area contributed by atoms with E-state index in [1.165, 1.54) is 0 Å². The van der Waals surface area contributed by atoms with Gasteiger partial charge in [-0.3, -0.25) is 4.68 Å². The van der Waals surface area contributed by atoms with E-state index in [-0.39, 0.29) is 0 Å². The van der Waals surface area contributed by atoms with Gasteiger partial charge in [0.15, 0.2) is 0 Å². The molecule has 2 radical (unpaired) electrons. The molecule has 0 bridgehead atoms. The normalized spacial score (nSPS) is 9.62. The van der Waals surface area contributed by atoms with Crippen molar-refractivity contribution in [1.29, 1.82) is 0 Å². The predicted octanol–water partition coefficient (Wildman–Crippen LogP) is 0.0886. The summed E-state index contributed by atoms with van der Waals surface area (Å²) in [4.78, 5) is 0. The average Bonchev–Trinajstić information content (AvgIpc) is 2.14. The molecule has 0 aliphatic rings. The predicted molar refractivity (Wildman–Crippen MR) is 32.7 cm³/mol. The van der Waals surface area contributed by atoms with E-state index >= 15 is 0 Å². The highest BCUT2D eigenvalue weighted by Crippen LogP contribution is 1.90. The van der Waals surface area contributed by atoms with Crippen LogP contribution >= 0.6 is 0 Å². The summed E-state index contributed by atoms with van der Waals surface area (Å²) in [6.45, 7) is 0. The Hall–Kier alpha value is -0.725. The Morgan fingerprint density at radius 3 is 2.88 bits per heavy atom. The van der Waals surface area contributed by atoms with Gasteiger partial charge in [-0.15, -0.1) is 0 Å². The maximum Gasteiger partial charge on any atom is 0.0738 e. The Morgan fingerprint density at radius 2 is 2.62 bits per heavy atom. The SMILES string of the molecule is [B]Cc1ccn(C)n1. The van der Waals surface area contributed by atoms with E-state index in [9.17, 15) is 0 Å². The van der Waals surface area contributed by atoms with Gasteiger partial charge < -0.3 is 0 Å². The fraction of sp³-hybridized carbons (Fsp3) is 0.400. The number of nitrogens with zero attached hydrogens (tertiary/aromatic N) is 2. The van der Waals surface area contributed by atoms with Gasteiger partial charge in [0.1, 0.15) is 0 Å². The minimum Gasteiger partial charge on any atom is -0.276 e. The number of aryl methyl sites for hydroxylation is 1. The van der Waals surface area contributed by atoms with E-state index in [1.807, 2.05) is 19.3 Å². The standard InChI is InChI=1S/C5H7BN2/c1-8-3-2-5(4-6)7-8/h2-3H,4H2,1H3. The second kappa shape index (κ2) is 2.03. The summed E-state index contributed by atoms with van der Waals surface area (Å²) < 4.78 is 1.74. The summed E-state index contributed by atoms with van der Waals surface area (Å²) in [5.74, 6) is 0. The second-order valence-electron chi connectivity index (χ2n) is 1.68. The summed E-state index contributed by atoms with van der Waals surface area (Å²) in [6, 6.07) is 1.90. The zero-order valence-corrected chi connectivity index (χ0v) is 4.83. The topological polar surface area (TPSA) is 17.8 Å². The smallest absolute Gasteiger partial charge is 0.0738 e. The van der Waals surface area contributed by atoms with Gasteiger partial charge in [-0.1, -0.05) is 0 Å². The monoisotopic (exact) mass is 106 g/mol. The molecule has 1 aromatic heterocycles. The highest BCUT2D eigenvalue weighted by atomic mass is 15.2. The molecule has 40 valence electrons. The van der Waals surface area contributed by atoms with E-state index in [1.54, 1.807) is 4.68 Å². The molecular formula is C5H7BN2. The third-order valence-corrected chi connectivity index (χ3v) is 0.978. The Morgan fingerprint density at radius 1 is 1.88 bits per heavy atom. The van der Waals surface area contributed by atoms with Crippen molar-refractivity contribution in [3.63, 3.8) is 0 Å². The van der Waals surface area contributed by atoms with Crippen LogP contribution in [-0.2, 0) is 13.4 Å². The first-order chi connectivity index (χ1) is 3.83. The summed E-state index contributed by atoms with van der Waals surface area (Å²) >= 11 is 0. The van der Waals surface area contributed by atoms with Crippen LogP contribution in [0, 0.1) is 0 Å². The van der Waals surface area contributed by atoms with Gasteiger partial charge in [-0.2, -0.15) is 5.10 Å². The second-order valence-corrected chi connectivity index (χ2v) is 1.68. The Labute approximate surface area is 49.9 Å². The summed E-state index contributed by atoms with van der Waals surface area (Å²) in [6.07, 6.45) is 2.41. The van der Waals surface area contributed by atoms with Gasteiger partial charge in [0.25, 0.3) is 0 Å². The van der Waals surface area contributed by atoms with Crippen molar-refractivity contribution in [3.05, 3.63) is 18.0 Å². The van der Waals surface area contributed by atoms with Crippen molar-refractivity contribution in [1.82, 2.24) is 9.78 Å². The molecule has 0 atom stereocenters. The molecule has 0 aliphatic heterocycles. The van der Waals surface area contributed by atoms with E-state index < -0.39 is 0 Å². The van der Waals surface area contributed by atoms with Crippen LogP contribution in [0.5, 0.6) is 0 Å². The molecule has 0 spiro atoms. The van der Waals surface area contributed by atoms with Crippen molar-refractivity contribution >= 4 is 7.85 Å². The fourth-order valence-corrected chi connectivity index (χ4v) is 0.572. The van der Waals surface area contributed by atoms with Gasteiger partial charge in [0.05, 0.1) is 13.5 Å².